The van der Waals surface area contributed by atoms with E-state index in [1.54, 1.807) is 0 Å². The minimum atomic E-state index is -0.0889. The molecule has 4 nitrogen and oxygen atoms in total. The predicted octanol–water partition coefficient (Wildman–Crippen LogP) is 8.72. The van der Waals surface area contributed by atoms with Gasteiger partial charge in [-0.2, -0.15) is 0 Å². The van der Waals surface area contributed by atoms with Crippen LogP contribution in [0.2, 0.25) is 0 Å². The lowest BCUT2D eigenvalue weighted by atomic mass is 9.79. The number of hydrogen-bond donors (Lipinski definition) is 2. The fourth-order valence-corrected chi connectivity index (χ4v) is 5.76. The van der Waals surface area contributed by atoms with Crippen molar-refractivity contribution < 1.29 is 9.84 Å². The third-order valence-corrected chi connectivity index (χ3v) is 7.79. The van der Waals surface area contributed by atoms with Crippen molar-refractivity contribution in [3.8, 4) is 22.6 Å². The SMILES string of the molecule is CCN(CC)c1ccc2c(c1)Oc1cc(-c3ccccc3)c(Nc3ccccc3)cc1C2c1ccccc1CO. The molecule has 200 valence electrons. The van der Waals surface area contributed by atoms with Gasteiger partial charge in [0.25, 0.3) is 0 Å². The number of nitrogens with zero attached hydrogens (tertiary/aromatic N) is 1. The standard InChI is InChI=1S/C36H34N2O2/c1-3-38(4-2)28-19-20-30-34(21-28)40-35-23-31(25-13-7-5-8-14-25)33(37-27-16-9-6-10-17-27)22-32(35)36(30)29-18-12-11-15-26(29)24-39/h5-23,36-37,39H,3-4,24H2,1-2H3. The number of hydrogen-bond acceptors (Lipinski definition) is 4. The van der Waals surface area contributed by atoms with Crippen molar-refractivity contribution in [3.63, 3.8) is 0 Å². The summed E-state index contributed by atoms with van der Waals surface area (Å²) in [6.45, 7) is 6.18. The Kier molecular flexibility index (Phi) is 7.26. The molecule has 0 spiro atoms. The molecule has 0 aromatic heterocycles. The summed E-state index contributed by atoms with van der Waals surface area (Å²) in [5, 5.41) is 14.0. The van der Waals surface area contributed by atoms with E-state index in [-0.39, 0.29) is 12.5 Å². The Bertz CT molecular complexity index is 1610. The minimum absolute atomic E-state index is 0.0209. The molecule has 1 unspecified atom stereocenters. The first-order chi connectivity index (χ1) is 19.7. The van der Waals surface area contributed by atoms with Gasteiger partial charge >= 0.3 is 0 Å². The molecule has 1 aliphatic rings. The Morgan fingerprint density at radius 2 is 1.38 bits per heavy atom. The van der Waals surface area contributed by atoms with Crippen LogP contribution in [0.5, 0.6) is 11.5 Å². The maximum Gasteiger partial charge on any atom is 0.133 e. The lowest BCUT2D eigenvalue weighted by Gasteiger charge is -2.32. The topological polar surface area (TPSA) is 44.7 Å². The highest BCUT2D eigenvalue weighted by Gasteiger charge is 2.32. The summed E-state index contributed by atoms with van der Waals surface area (Å²) in [5.74, 6) is 1.60. The van der Waals surface area contributed by atoms with Crippen molar-refractivity contribution in [2.75, 3.05) is 23.3 Å². The predicted molar refractivity (Wildman–Crippen MR) is 165 cm³/mol. The number of fused-ring (bicyclic) bond motifs is 2. The van der Waals surface area contributed by atoms with Crippen LogP contribution in [0.3, 0.4) is 0 Å². The molecule has 0 aliphatic carbocycles. The third-order valence-electron chi connectivity index (χ3n) is 7.79. The van der Waals surface area contributed by atoms with Crippen molar-refractivity contribution in [2.45, 2.75) is 26.4 Å². The number of benzene rings is 5. The number of aliphatic hydroxyl groups is 1. The van der Waals surface area contributed by atoms with Crippen LogP contribution in [0.1, 0.15) is 42.0 Å². The van der Waals surface area contributed by atoms with Crippen LogP contribution in [0.4, 0.5) is 17.1 Å². The van der Waals surface area contributed by atoms with Crippen LogP contribution in [0.15, 0.2) is 115 Å². The number of rotatable bonds is 8. The van der Waals surface area contributed by atoms with E-state index in [4.69, 9.17) is 4.74 Å². The Morgan fingerprint density at radius 3 is 2.10 bits per heavy atom. The van der Waals surface area contributed by atoms with Crippen molar-refractivity contribution >= 4 is 17.1 Å². The molecule has 4 heteroatoms. The van der Waals surface area contributed by atoms with Gasteiger partial charge in [-0.05, 0) is 60.9 Å². The molecule has 0 amide bonds. The van der Waals surface area contributed by atoms with E-state index >= 15 is 0 Å². The molecule has 5 aromatic rings. The van der Waals surface area contributed by atoms with E-state index in [2.05, 4.69) is 103 Å². The van der Waals surface area contributed by atoms with E-state index in [0.29, 0.717) is 0 Å². The number of nitrogens with one attached hydrogen (secondary N) is 1. The highest BCUT2D eigenvalue weighted by Crippen LogP contribution is 2.51. The van der Waals surface area contributed by atoms with Crippen LogP contribution in [0, 0.1) is 0 Å². The maximum absolute atomic E-state index is 10.3. The Labute approximate surface area is 236 Å². The monoisotopic (exact) mass is 526 g/mol. The molecule has 0 radical (unpaired) electrons. The average molecular weight is 527 g/mol. The first-order valence-corrected chi connectivity index (χ1v) is 14.0. The minimum Gasteiger partial charge on any atom is -0.457 e. The van der Waals surface area contributed by atoms with Gasteiger partial charge in [0.05, 0.1) is 6.61 Å². The van der Waals surface area contributed by atoms with Gasteiger partial charge in [-0.15, -0.1) is 0 Å². The molecule has 1 atom stereocenters. The Hall–Kier alpha value is -4.54. The zero-order valence-corrected chi connectivity index (χ0v) is 23.0. The smallest absolute Gasteiger partial charge is 0.133 e. The summed E-state index contributed by atoms with van der Waals surface area (Å²) >= 11 is 0. The summed E-state index contributed by atoms with van der Waals surface area (Å²) in [7, 11) is 0. The summed E-state index contributed by atoms with van der Waals surface area (Å²) < 4.78 is 6.73. The van der Waals surface area contributed by atoms with Crippen LogP contribution < -0.4 is 15.0 Å². The molecule has 6 rings (SSSR count). The van der Waals surface area contributed by atoms with Crippen molar-refractivity contribution in [2.24, 2.45) is 0 Å². The fourth-order valence-electron chi connectivity index (χ4n) is 5.76. The summed E-state index contributed by atoms with van der Waals surface area (Å²) in [5.41, 5.74) is 9.54. The van der Waals surface area contributed by atoms with Gasteiger partial charge in [0, 0.05) is 58.8 Å². The normalized spacial score (nSPS) is 13.6. The van der Waals surface area contributed by atoms with Gasteiger partial charge in [0.1, 0.15) is 11.5 Å². The molecule has 0 fully saturated rings. The number of anilines is 3. The number of aliphatic hydroxyl groups excluding tert-OH is 1. The molecular weight excluding hydrogens is 492 g/mol. The quantitative estimate of drug-likeness (QED) is 0.208. The maximum atomic E-state index is 10.3. The van der Waals surface area contributed by atoms with Gasteiger partial charge < -0.3 is 20.1 Å². The van der Waals surface area contributed by atoms with Crippen LogP contribution >= 0.6 is 0 Å². The second-order valence-corrected chi connectivity index (χ2v) is 10.1. The molecule has 40 heavy (non-hydrogen) atoms. The second kappa shape index (κ2) is 11.3. The van der Waals surface area contributed by atoms with Gasteiger partial charge in [-0.3, -0.25) is 0 Å². The molecular formula is C36H34N2O2. The van der Waals surface area contributed by atoms with Crippen LogP contribution in [-0.2, 0) is 6.61 Å². The summed E-state index contributed by atoms with van der Waals surface area (Å²) in [6.07, 6.45) is 0. The molecule has 1 aliphatic heterocycles. The van der Waals surface area contributed by atoms with E-state index in [9.17, 15) is 5.11 Å². The first-order valence-electron chi connectivity index (χ1n) is 14.0. The van der Waals surface area contributed by atoms with Gasteiger partial charge in [0.15, 0.2) is 0 Å². The molecule has 0 saturated carbocycles. The van der Waals surface area contributed by atoms with E-state index < -0.39 is 0 Å². The Balaban J connectivity index is 1.58. The van der Waals surface area contributed by atoms with Crippen LogP contribution in [-0.4, -0.2) is 18.2 Å². The van der Waals surface area contributed by atoms with E-state index in [1.165, 1.54) is 0 Å². The highest BCUT2D eigenvalue weighted by atomic mass is 16.5. The van der Waals surface area contributed by atoms with Crippen molar-refractivity contribution in [1.29, 1.82) is 0 Å². The van der Waals surface area contributed by atoms with Crippen molar-refractivity contribution in [1.82, 2.24) is 0 Å². The number of para-hydroxylation sites is 1. The summed E-state index contributed by atoms with van der Waals surface area (Å²) in [6, 6.07) is 39.8. The largest absolute Gasteiger partial charge is 0.457 e. The average Bonchev–Trinajstić information content (AvgIpc) is 3.01. The first kappa shape index (κ1) is 25.7. The molecule has 1 heterocycles. The molecule has 5 aromatic carbocycles. The molecule has 2 N–H and O–H groups in total. The third kappa shape index (κ3) is 4.83. The van der Waals surface area contributed by atoms with Gasteiger partial charge in [0.2, 0.25) is 0 Å². The van der Waals surface area contributed by atoms with Crippen LogP contribution in [0.25, 0.3) is 11.1 Å². The van der Waals surface area contributed by atoms with Gasteiger partial charge in [-0.25, -0.2) is 0 Å². The molecule has 0 bridgehead atoms. The van der Waals surface area contributed by atoms with E-state index in [1.807, 2.05) is 36.4 Å². The zero-order chi connectivity index (χ0) is 27.5. The number of ether oxygens (including phenoxy) is 1. The Morgan fingerprint density at radius 1 is 0.700 bits per heavy atom. The zero-order valence-electron chi connectivity index (χ0n) is 23.0. The summed E-state index contributed by atoms with van der Waals surface area (Å²) in [4.78, 5) is 2.33. The van der Waals surface area contributed by atoms with Gasteiger partial charge in [-0.1, -0.05) is 78.9 Å². The highest BCUT2D eigenvalue weighted by molar-refractivity contribution is 5.84. The fraction of sp³-hybridized carbons (Fsp3) is 0.167. The van der Waals surface area contributed by atoms with Crippen molar-refractivity contribution in [3.05, 3.63) is 138 Å². The lowest BCUT2D eigenvalue weighted by molar-refractivity contribution is 0.280. The molecule has 0 saturated heterocycles. The lowest BCUT2D eigenvalue weighted by Crippen LogP contribution is -2.22. The second-order valence-electron chi connectivity index (χ2n) is 10.1. The van der Waals surface area contributed by atoms with E-state index in [0.717, 1.165) is 75.0 Å².